The van der Waals surface area contributed by atoms with Gasteiger partial charge in [-0.15, -0.1) is 0 Å². The maximum atomic E-state index is 12.1. The van der Waals surface area contributed by atoms with Crippen molar-refractivity contribution in [1.82, 2.24) is 9.97 Å². The van der Waals surface area contributed by atoms with Crippen LogP contribution in [-0.2, 0) is 4.79 Å². The SMILES string of the molecule is CC(=O)Nc1ccc(C(=O)CSc2ncc(C#N)c(N)n2)cc1. The third kappa shape index (κ3) is 4.52. The first kappa shape index (κ1) is 16.5. The summed E-state index contributed by atoms with van der Waals surface area (Å²) < 4.78 is 0. The van der Waals surface area contributed by atoms with E-state index in [9.17, 15) is 9.59 Å². The van der Waals surface area contributed by atoms with Crippen LogP contribution in [0.2, 0.25) is 0 Å². The van der Waals surface area contributed by atoms with E-state index in [1.54, 1.807) is 24.3 Å². The smallest absolute Gasteiger partial charge is 0.221 e. The number of nitrogen functional groups attached to an aromatic ring is 1. The number of hydrogen-bond acceptors (Lipinski definition) is 7. The van der Waals surface area contributed by atoms with E-state index in [1.165, 1.54) is 13.1 Å². The fourth-order valence-electron chi connectivity index (χ4n) is 1.69. The largest absolute Gasteiger partial charge is 0.382 e. The highest BCUT2D eigenvalue weighted by molar-refractivity contribution is 7.99. The van der Waals surface area contributed by atoms with Gasteiger partial charge in [0.2, 0.25) is 5.91 Å². The lowest BCUT2D eigenvalue weighted by atomic mass is 10.1. The quantitative estimate of drug-likeness (QED) is 0.488. The molecule has 1 aromatic heterocycles. The second kappa shape index (κ2) is 7.38. The van der Waals surface area contributed by atoms with Crippen LogP contribution in [0.4, 0.5) is 11.5 Å². The summed E-state index contributed by atoms with van der Waals surface area (Å²) in [5, 5.41) is 11.7. The van der Waals surface area contributed by atoms with E-state index in [1.807, 2.05) is 6.07 Å². The van der Waals surface area contributed by atoms with E-state index in [2.05, 4.69) is 15.3 Å². The first-order chi connectivity index (χ1) is 11.0. The summed E-state index contributed by atoms with van der Waals surface area (Å²) in [4.78, 5) is 31.0. The molecule has 7 nitrogen and oxygen atoms in total. The number of carbonyl (C=O) groups excluding carboxylic acids is 2. The molecule has 8 heteroatoms. The molecule has 0 saturated carbocycles. The Labute approximate surface area is 136 Å². The van der Waals surface area contributed by atoms with Crippen LogP contribution >= 0.6 is 11.8 Å². The normalized spacial score (nSPS) is 9.91. The molecule has 2 rings (SSSR count). The van der Waals surface area contributed by atoms with Crippen LogP contribution < -0.4 is 11.1 Å². The van der Waals surface area contributed by atoms with E-state index in [0.717, 1.165) is 11.8 Å². The zero-order valence-electron chi connectivity index (χ0n) is 12.2. The van der Waals surface area contributed by atoms with Crippen molar-refractivity contribution in [3.63, 3.8) is 0 Å². The van der Waals surface area contributed by atoms with Crippen molar-refractivity contribution in [1.29, 1.82) is 5.26 Å². The summed E-state index contributed by atoms with van der Waals surface area (Å²) in [6.07, 6.45) is 1.33. The molecule has 0 radical (unpaired) electrons. The minimum Gasteiger partial charge on any atom is -0.382 e. The zero-order chi connectivity index (χ0) is 16.8. The first-order valence-electron chi connectivity index (χ1n) is 6.56. The molecule has 0 saturated heterocycles. The van der Waals surface area contributed by atoms with Gasteiger partial charge in [0.15, 0.2) is 10.9 Å². The van der Waals surface area contributed by atoms with Gasteiger partial charge in [0.25, 0.3) is 0 Å². The number of anilines is 2. The van der Waals surface area contributed by atoms with E-state index < -0.39 is 0 Å². The predicted octanol–water partition coefficient (Wildman–Crippen LogP) is 1.86. The minimum absolute atomic E-state index is 0.0945. The fourth-order valence-corrected chi connectivity index (χ4v) is 2.41. The number of carbonyl (C=O) groups is 2. The number of hydrogen-bond donors (Lipinski definition) is 2. The highest BCUT2D eigenvalue weighted by atomic mass is 32.2. The van der Waals surface area contributed by atoms with Crippen molar-refractivity contribution in [3.8, 4) is 6.07 Å². The molecule has 1 amide bonds. The van der Waals surface area contributed by atoms with E-state index >= 15 is 0 Å². The van der Waals surface area contributed by atoms with Crippen LogP contribution in [0, 0.1) is 11.3 Å². The summed E-state index contributed by atoms with van der Waals surface area (Å²) in [6.45, 7) is 1.42. The Morgan fingerprint density at radius 1 is 1.35 bits per heavy atom. The number of nitrogens with one attached hydrogen (secondary N) is 1. The van der Waals surface area contributed by atoms with Crippen LogP contribution in [0.3, 0.4) is 0 Å². The maximum Gasteiger partial charge on any atom is 0.221 e. The predicted molar refractivity (Wildman–Crippen MR) is 87.0 cm³/mol. The third-order valence-electron chi connectivity index (χ3n) is 2.78. The highest BCUT2D eigenvalue weighted by Crippen LogP contribution is 2.18. The number of nitrogens with two attached hydrogens (primary N) is 1. The zero-order valence-corrected chi connectivity index (χ0v) is 13.1. The van der Waals surface area contributed by atoms with Crippen molar-refractivity contribution in [2.45, 2.75) is 12.1 Å². The summed E-state index contributed by atoms with van der Waals surface area (Å²) in [5.74, 6) is -0.0339. The summed E-state index contributed by atoms with van der Waals surface area (Å²) >= 11 is 1.14. The molecule has 0 bridgehead atoms. The van der Waals surface area contributed by atoms with Gasteiger partial charge in [0.1, 0.15) is 17.5 Å². The lowest BCUT2D eigenvalue weighted by Gasteiger charge is -2.04. The van der Waals surface area contributed by atoms with Gasteiger partial charge in [-0.1, -0.05) is 11.8 Å². The van der Waals surface area contributed by atoms with Crippen LogP contribution in [0.25, 0.3) is 0 Å². The molecule has 0 aliphatic rings. The van der Waals surface area contributed by atoms with Gasteiger partial charge in [-0.3, -0.25) is 9.59 Å². The monoisotopic (exact) mass is 327 g/mol. The van der Waals surface area contributed by atoms with Crippen molar-refractivity contribution < 1.29 is 9.59 Å². The molecule has 0 fully saturated rings. The standard InChI is InChI=1S/C15H13N5O2S/c1-9(21)19-12-4-2-10(3-5-12)13(22)8-23-15-18-7-11(6-16)14(17)20-15/h2-5,7H,8H2,1H3,(H,19,21)(H2,17,18,20). The Morgan fingerprint density at radius 2 is 2.04 bits per heavy atom. The number of nitriles is 1. The van der Waals surface area contributed by atoms with Crippen molar-refractivity contribution in [3.05, 3.63) is 41.6 Å². The van der Waals surface area contributed by atoms with Crippen LogP contribution in [-0.4, -0.2) is 27.4 Å². The van der Waals surface area contributed by atoms with Gasteiger partial charge in [-0.25, -0.2) is 9.97 Å². The van der Waals surface area contributed by atoms with E-state index in [4.69, 9.17) is 11.0 Å². The molecule has 3 N–H and O–H groups in total. The first-order valence-corrected chi connectivity index (χ1v) is 7.54. The molecule has 0 aliphatic heterocycles. The molecular weight excluding hydrogens is 314 g/mol. The number of benzene rings is 1. The number of rotatable bonds is 5. The summed E-state index contributed by atoms with van der Waals surface area (Å²) in [7, 11) is 0. The van der Waals surface area contributed by atoms with Gasteiger partial charge in [0.05, 0.1) is 11.9 Å². The number of nitrogens with zero attached hydrogens (tertiary/aromatic N) is 3. The van der Waals surface area contributed by atoms with E-state index in [-0.39, 0.29) is 28.8 Å². The van der Waals surface area contributed by atoms with Crippen LogP contribution in [0.15, 0.2) is 35.6 Å². The third-order valence-corrected chi connectivity index (χ3v) is 3.64. The number of ketones is 1. The minimum atomic E-state index is -0.171. The van der Waals surface area contributed by atoms with Crippen molar-refractivity contribution >= 4 is 35.0 Å². The summed E-state index contributed by atoms with van der Waals surface area (Å²) in [6, 6.07) is 8.48. The fraction of sp³-hybridized carbons (Fsp3) is 0.133. The van der Waals surface area contributed by atoms with Gasteiger partial charge >= 0.3 is 0 Å². The Balaban J connectivity index is 1.98. The Bertz CT molecular complexity index is 783. The number of Topliss-reactive ketones (excluding diaryl/α,β-unsaturated/α-hetero) is 1. The molecule has 1 aromatic carbocycles. The molecule has 23 heavy (non-hydrogen) atoms. The maximum absolute atomic E-state index is 12.1. The molecule has 0 atom stereocenters. The Kier molecular flexibility index (Phi) is 5.28. The number of aromatic nitrogens is 2. The van der Waals surface area contributed by atoms with Gasteiger partial charge in [0, 0.05) is 18.2 Å². The van der Waals surface area contributed by atoms with Gasteiger partial charge in [-0.05, 0) is 24.3 Å². The van der Waals surface area contributed by atoms with Crippen LogP contribution in [0.1, 0.15) is 22.8 Å². The van der Waals surface area contributed by atoms with Crippen molar-refractivity contribution in [2.75, 3.05) is 16.8 Å². The number of amides is 1. The molecule has 0 unspecified atom stereocenters. The lowest BCUT2D eigenvalue weighted by molar-refractivity contribution is -0.114. The average Bonchev–Trinajstić information content (AvgIpc) is 2.53. The Hall–Kier alpha value is -2.92. The molecular formula is C15H13N5O2S. The highest BCUT2D eigenvalue weighted by Gasteiger charge is 2.10. The average molecular weight is 327 g/mol. The second-order valence-corrected chi connectivity index (χ2v) is 5.48. The van der Waals surface area contributed by atoms with Crippen LogP contribution in [0.5, 0.6) is 0 Å². The molecule has 0 aliphatic carbocycles. The van der Waals surface area contributed by atoms with Crippen molar-refractivity contribution in [2.24, 2.45) is 0 Å². The number of thioether (sulfide) groups is 1. The second-order valence-electron chi connectivity index (χ2n) is 4.53. The Morgan fingerprint density at radius 3 is 2.61 bits per heavy atom. The topological polar surface area (TPSA) is 122 Å². The lowest BCUT2D eigenvalue weighted by Crippen LogP contribution is -2.07. The molecule has 1 heterocycles. The molecule has 0 spiro atoms. The summed E-state index contributed by atoms with van der Waals surface area (Å²) in [5.41, 5.74) is 6.95. The molecule has 2 aromatic rings. The van der Waals surface area contributed by atoms with E-state index in [0.29, 0.717) is 16.4 Å². The molecule has 116 valence electrons. The van der Waals surface area contributed by atoms with Gasteiger partial charge in [-0.2, -0.15) is 5.26 Å². The van der Waals surface area contributed by atoms with Gasteiger partial charge < -0.3 is 11.1 Å².